The van der Waals surface area contributed by atoms with Crippen molar-refractivity contribution in [1.29, 1.82) is 0 Å². The fourth-order valence-electron chi connectivity index (χ4n) is 7.69. The third-order valence-corrected chi connectivity index (χ3v) is 13.2. The van der Waals surface area contributed by atoms with Crippen LogP contribution in [0, 0.1) is 158 Å². The number of nitro groups is 2. The number of carboxylic acids is 1. The number of rotatable bonds is 23. The van der Waals surface area contributed by atoms with E-state index in [0.717, 1.165) is 119 Å². The Balaban J connectivity index is -0.000000130. The predicted molar refractivity (Wildman–Crippen MR) is 451 cm³/mol. The minimum absolute atomic E-state index is 0. The molecule has 0 amide bonds. The molecule has 39 heteroatoms. The van der Waals surface area contributed by atoms with Crippen LogP contribution in [0.4, 0.5) is 45.5 Å². The topological polar surface area (TPSA) is 723 Å². The van der Waals surface area contributed by atoms with E-state index in [1.165, 1.54) is 11.1 Å². The van der Waals surface area contributed by atoms with E-state index >= 15 is 0 Å². The third kappa shape index (κ3) is 83.6. The number of carbonyl (C=O) groups is 1. The molecule has 0 spiro atoms. The number of nitrogen functional groups attached to an aromatic ring is 8. The molecule has 0 saturated heterocycles. The number of likely N-dealkylation sites (N-methyl/N-ethyl adjacent to an activating group) is 1. The summed E-state index contributed by atoms with van der Waals surface area (Å²) in [6.45, 7) is 12.5. The van der Waals surface area contributed by atoms with Crippen LogP contribution in [0.25, 0.3) is 0 Å². The summed E-state index contributed by atoms with van der Waals surface area (Å²) in [6.07, 6.45) is 5.36. The van der Waals surface area contributed by atoms with Crippen LogP contribution in [0.3, 0.4) is 0 Å². The molecule has 0 saturated carbocycles. The molecule has 8 aromatic rings. The average molecular weight is 2220 g/mol. The molecule has 34 nitrogen and oxygen atoms in total. The Morgan fingerprint density at radius 1 is 0.460 bits per heavy atom. The van der Waals surface area contributed by atoms with Crippen LogP contribution in [0.15, 0.2) is 216 Å². The number of para-hydroxylation sites is 4. The molecule has 0 aliphatic carbocycles. The molecule has 0 bridgehead atoms. The van der Waals surface area contributed by atoms with Crippen molar-refractivity contribution in [3.63, 3.8) is 0 Å². The molecule has 0 unspecified atom stereocenters. The van der Waals surface area contributed by atoms with Crippen LogP contribution >= 0.6 is 0 Å². The first-order valence-electron chi connectivity index (χ1n) is 34.1. The number of nitrogens with one attached hydrogen (secondary N) is 3. The molecule has 6 radical (unpaired) electrons. The van der Waals surface area contributed by atoms with Crippen LogP contribution in [-0.4, -0.2) is 116 Å². The first kappa shape index (κ1) is 128. The van der Waals surface area contributed by atoms with Gasteiger partial charge in [-0.15, -0.1) is 0 Å². The van der Waals surface area contributed by atoms with Gasteiger partial charge in [-0.3, -0.25) is 15.3 Å². The smallest absolute Gasteiger partial charge is 0.870 e. The number of carboxylic acid groups (broad SMARTS) is 1. The zero-order valence-electron chi connectivity index (χ0n) is 65.8. The van der Waals surface area contributed by atoms with E-state index in [1.807, 2.05) is 220 Å². The predicted octanol–water partition coefficient (Wildman–Crippen LogP) is 1.84. The van der Waals surface area contributed by atoms with E-state index in [2.05, 4.69) is 26.2 Å². The van der Waals surface area contributed by atoms with Gasteiger partial charge < -0.3 is 130 Å². The Morgan fingerprint density at radius 2 is 0.796 bits per heavy atom. The summed E-state index contributed by atoms with van der Waals surface area (Å²) < 4.78 is 0. The molecule has 8 aromatic carbocycles. The molecule has 0 fully saturated rings. The van der Waals surface area contributed by atoms with Crippen LogP contribution in [0.2, 0.25) is 0 Å². The number of nitrogens with zero attached hydrogens (tertiary/aromatic N) is 4. The minimum Gasteiger partial charge on any atom is -0.870 e. The van der Waals surface area contributed by atoms with Crippen molar-refractivity contribution < 1.29 is 198 Å². The van der Waals surface area contributed by atoms with Crippen LogP contribution in [0.1, 0.15) is 79.8 Å². The molecule has 2 atom stereocenters. The van der Waals surface area contributed by atoms with E-state index in [-0.39, 0.29) is 194 Å². The summed E-state index contributed by atoms with van der Waals surface area (Å²) in [5.41, 5.74) is 110. The second-order valence-corrected chi connectivity index (χ2v) is 22.2. The maximum Gasteiger partial charge on any atom is 1.00 e. The largest absolute Gasteiger partial charge is 1.00 e. The van der Waals surface area contributed by atoms with Gasteiger partial charge in [0.2, 0.25) is 0 Å². The zero-order valence-corrected chi connectivity index (χ0v) is 82.1. The minimum atomic E-state index is -0.901. The van der Waals surface area contributed by atoms with Crippen molar-refractivity contribution >= 4 is 71.8 Å². The Hall–Kier alpha value is -6.12. The standard InChI is InChI=1S/C8H20N6O2.3C8H12N2.C7H14N4O4.3C7H10N2.2C6H7N.C2H7N.3Ac.B.Na.H2O2.H2O/c1-2-11-6-7(9)4-3-5-12-8(10)13-14(15)16;9-6-5-7-1-3-8(10)4-2-7;9-5-4-7-2-1-3-8(10)6-7;9-6-5-7-3-1-2-4-8(7)10;1-5(6(12)13)3-2-4-9-7(8)10-11(14)15;8-5-6-1-3-7(9)4-2-6;8-5-6-2-1-3-7(9)4-6;8-5-6-3-1-2-4-7(6)9;2*7-6-4-2-1-3-5-6;1-2-3;;;;;;1-2;/h7,11H,2-6,9H2,1H3,(H3,10,12,13);1-4H,5-6,9-10H2;1-3,6H,4-5,9-10H2;1-4H,5-6,9-10H2;5H,2-4H2,1H3,(H,12,13)(H3,8,9,10);3*1-4H,5,8-9H2;2*1-5H,7H2;2-3H2,1H3;;;;;;1-2H;1H2/q;;;;;;;;;;;;;;;+1;;/p-1/t7-;;;;5-;;;;;;;;;;;;;/m0...0............./s1. The normalized spacial score (nSPS) is 9.78. The molecular formula is C74H124Ac3BN25NaO9. The van der Waals surface area contributed by atoms with Crippen molar-refractivity contribution in [3.05, 3.63) is 260 Å². The van der Waals surface area contributed by atoms with Crippen molar-refractivity contribution in [2.45, 2.75) is 91.4 Å². The number of benzene rings is 8. The fraction of sp³-hybridized carbons (Fsp3) is 0.311. The average Bonchev–Trinajstić information content (AvgIpc) is 0.820. The summed E-state index contributed by atoms with van der Waals surface area (Å²) in [5, 5.41) is 52.6. The zero-order chi connectivity index (χ0) is 81.4. The number of aliphatic carboxylic acids is 1. The summed E-state index contributed by atoms with van der Waals surface area (Å²) in [5.74, 6) is -1.74. The van der Waals surface area contributed by atoms with Gasteiger partial charge in [0, 0.05) is 231 Å². The molecule has 612 valence electrons. The van der Waals surface area contributed by atoms with Crippen LogP contribution < -0.4 is 149 Å². The quantitative estimate of drug-likeness (QED) is 0.00635. The van der Waals surface area contributed by atoms with Crippen LogP contribution in [0.5, 0.6) is 0 Å². The SMILES string of the molecule is CCN.CCNC[C@@H](N)CCCN/C(N)=N/[N+](=O)[O-].C[C@@H](CCCN/C(N)=N/[N+](=O)[O-])C(=O)O.NCCc1ccc(N)cc1.NCCc1cccc(N)c1.NCCc1ccccc1N.NCc1ccc(N)cc1.NCc1cccc(N)c1.NCc1ccccc1N.Nc1ccccc1.Nc1ccccc1.OO.[Ac].[Ac].[Ac].[B].[Na+].[OH-]. The van der Waals surface area contributed by atoms with Crippen molar-refractivity contribution in [2.75, 3.05) is 98.2 Å². The molecule has 0 aliphatic heterocycles. The number of hydrogen-bond acceptors (Lipinski definition) is 25. The van der Waals surface area contributed by atoms with E-state index in [9.17, 15) is 25.0 Å². The van der Waals surface area contributed by atoms with Crippen LogP contribution in [-0.2, 0) is 43.7 Å². The molecule has 0 heterocycles. The van der Waals surface area contributed by atoms with E-state index in [4.69, 9.17) is 119 Å². The van der Waals surface area contributed by atoms with E-state index in [0.29, 0.717) is 65.2 Å². The first-order valence-corrected chi connectivity index (χ1v) is 34.1. The summed E-state index contributed by atoms with van der Waals surface area (Å²) in [7, 11) is 0. The summed E-state index contributed by atoms with van der Waals surface area (Å²) >= 11 is 0. The van der Waals surface area contributed by atoms with Crippen molar-refractivity contribution in [3.8, 4) is 0 Å². The molecule has 43 N–H and O–H groups in total. The number of hydrazone groups is 2. The Labute approximate surface area is 798 Å². The molecule has 0 aromatic heterocycles. The molecular weight excluding hydrogens is 2100 g/mol. The van der Waals surface area contributed by atoms with E-state index in [1.54, 1.807) is 6.92 Å². The van der Waals surface area contributed by atoms with E-state index < -0.39 is 22.0 Å². The van der Waals surface area contributed by atoms with Gasteiger partial charge in [-0.2, -0.15) is 0 Å². The maximum absolute atomic E-state index is 10.4. The fourth-order valence-corrected chi connectivity index (χ4v) is 7.69. The van der Waals surface area contributed by atoms with Gasteiger partial charge in [0.25, 0.3) is 11.9 Å². The van der Waals surface area contributed by atoms with Gasteiger partial charge in [-0.1, -0.05) is 142 Å². The number of guanidine groups is 2. The maximum atomic E-state index is 10.4. The van der Waals surface area contributed by atoms with Gasteiger partial charge in [0.15, 0.2) is 10.1 Å². The Morgan fingerprint density at radius 3 is 1.12 bits per heavy atom. The molecule has 8 rings (SSSR count). The molecule has 0 aliphatic rings. The van der Waals surface area contributed by atoms with Gasteiger partial charge in [-0.25, -0.2) is 20.2 Å². The number of nitrogens with two attached hydrogens (primary N) is 18. The Bertz CT molecular complexity index is 3500. The Kier molecular flexibility index (Phi) is 101. The summed E-state index contributed by atoms with van der Waals surface area (Å²) in [6, 6.07) is 65.2. The first-order chi connectivity index (χ1) is 51.2. The number of anilines is 8. The van der Waals surface area contributed by atoms with Crippen molar-refractivity contribution in [2.24, 2.45) is 73.5 Å². The van der Waals surface area contributed by atoms with Gasteiger partial charge >= 0.3 is 35.5 Å². The number of hydrogen-bond donors (Lipinski definition) is 24. The van der Waals surface area contributed by atoms with Gasteiger partial charge in [-0.05, 0) is 196 Å². The third-order valence-electron chi connectivity index (χ3n) is 13.2. The second kappa shape index (κ2) is 89.8. The van der Waals surface area contributed by atoms with Gasteiger partial charge in [0.1, 0.15) is 10.2 Å². The monoisotopic (exact) mass is 2220 g/mol. The van der Waals surface area contributed by atoms with Gasteiger partial charge in [0.05, 0.1) is 5.92 Å². The second-order valence-electron chi connectivity index (χ2n) is 22.2. The molecule has 113 heavy (non-hydrogen) atoms. The summed E-state index contributed by atoms with van der Waals surface area (Å²) in [4.78, 5) is 30.2. The van der Waals surface area contributed by atoms with Crippen molar-refractivity contribution in [1.82, 2.24) is 16.0 Å².